The highest BCUT2D eigenvalue weighted by atomic mass is 19.1. The van der Waals surface area contributed by atoms with Crippen LogP contribution < -0.4 is 9.47 Å². The van der Waals surface area contributed by atoms with E-state index in [0.29, 0.717) is 23.7 Å². The molecule has 0 amide bonds. The molecule has 0 radical (unpaired) electrons. The zero-order valence-corrected chi connectivity index (χ0v) is 14.6. The second-order valence-electron chi connectivity index (χ2n) is 6.46. The van der Waals surface area contributed by atoms with Gasteiger partial charge in [-0.25, -0.2) is 4.39 Å². The molecule has 0 unspecified atom stereocenters. The standard InChI is InChI=1S/C17H24BFO4/c1-7-21-13-9-8-12(10-14(13)20-6)11-15(19)18-22-16(2,3)17(4,5)23-18/h8-11H,7H2,1-6H3. The van der Waals surface area contributed by atoms with Gasteiger partial charge in [-0.2, -0.15) is 0 Å². The number of halogens is 1. The van der Waals surface area contributed by atoms with E-state index in [1.165, 1.54) is 6.08 Å². The lowest BCUT2D eigenvalue weighted by Crippen LogP contribution is -2.41. The SMILES string of the molecule is CCOc1ccc(C=C(F)B2OC(C)(C)C(C)(C)O2)cc1OC. The van der Waals surface area contributed by atoms with Gasteiger partial charge >= 0.3 is 7.12 Å². The summed E-state index contributed by atoms with van der Waals surface area (Å²) in [6, 6.07) is 5.24. The molecule has 23 heavy (non-hydrogen) atoms. The van der Waals surface area contributed by atoms with Crippen molar-refractivity contribution in [2.75, 3.05) is 13.7 Å². The maximum absolute atomic E-state index is 14.5. The van der Waals surface area contributed by atoms with Crippen molar-refractivity contribution in [3.8, 4) is 11.5 Å². The number of benzene rings is 1. The zero-order valence-electron chi connectivity index (χ0n) is 14.6. The summed E-state index contributed by atoms with van der Waals surface area (Å²) in [5.74, 6) is 1.19. The van der Waals surface area contributed by atoms with Gasteiger partial charge < -0.3 is 18.8 Å². The molecule has 0 bridgehead atoms. The van der Waals surface area contributed by atoms with E-state index in [1.54, 1.807) is 25.3 Å². The Labute approximate surface area is 137 Å². The molecule has 126 valence electrons. The van der Waals surface area contributed by atoms with Gasteiger partial charge in [-0.3, -0.25) is 0 Å². The van der Waals surface area contributed by atoms with E-state index in [9.17, 15) is 4.39 Å². The van der Waals surface area contributed by atoms with Crippen molar-refractivity contribution in [1.82, 2.24) is 0 Å². The highest BCUT2D eigenvalue weighted by molar-refractivity contribution is 6.54. The van der Waals surface area contributed by atoms with Gasteiger partial charge in [0.1, 0.15) is 5.73 Å². The van der Waals surface area contributed by atoms with Crippen LogP contribution in [-0.2, 0) is 9.31 Å². The Hall–Kier alpha value is -1.53. The Morgan fingerprint density at radius 2 is 1.78 bits per heavy atom. The Morgan fingerprint density at radius 3 is 2.30 bits per heavy atom. The number of ether oxygens (including phenoxy) is 2. The van der Waals surface area contributed by atoms with E-state index in [-0.39, 0.29) is 0 Å². The first-order chi connectivity index (χ1) is 10.7. The van der Waals surface area contributed by atoms with Crippen molar-refractivity contribution in [3.05, 3.63) is 29.5 Å². The van der Waals surface area contributed by atoms with Gasteiger partial charge in [-0.15, -0.1) is 0 Å². The fourth-order valence-corrected chi connectivity index (χ4v) is 2.23. The quantitative estimate of drug-likeness (QED) is 0.767. The predicted octanol–water partition coefficient (Wildman–Crippen LogP) is 4.04. The van der Waals surface area contributed by atoms with Gasteiger partial charge in [-0.1, -0.05) is 6.07 Å². The molecule has 4 nitrogen and oxygen atoms in total. The highest BCUT2D eigenvalue weighted by Gasteiger charge is 2.53. The fourth-order valence-electron chi connectivity index (χ4n) is 2.23. The third kappa shape index (κ3) is 3.70. The minimum atomic E-state index is -1.00. The molecule has 0 N–H and O–H groups in total. The van der Waals surface area contributed by atoms with Gasteiger partial charge in [0.15, 0.2) is 11.5 Å². The molecule has 1 heterocycles. The van der Waals surface area contributed by atoms with Crippen LogP contribution in [0.3, 0.4) is 0 Å². The molecular weight excluding hydrogens is 298 g/mol. The van der Waals surface area contributed by atoms with Crippen molar-refractivity contribution in [1.29, 1.82) is 0 Å². The van der Waals surface area contributed by atoms with Gasteiger partial charge in [-0.05, 0) is 58.4 Å². The molecular formula is C17H24BFO4. The molecule has 1 aliphatic rings. The first-order valence-corrected chi connectivity index (χ1v) is 7.73. The molecule has 0 saturated carbocycles. The number of hydrogen-bond donors (Lipinski definition) is 0. The molecule has 1 saturated heterocycles. The van der Waals surface area contributed by atoms with Crippen molar-refractivity contribution in [2.24, 2.45) is 0 Å². The Kier molecular flexibility index (Phi) is 5.06. The molecule has 1 aromatic rings. The molecule has 1 aliphatic heterocycles. The van der Waals surface area contributed by atoms with Gasteiger partial charge in [0.05, 0.1) is 24.9 Å². The molecule has 0 spiro atoms. The summed E-state index contributed by atoms with van der Waals surface area (Å²) in [5, 5.41) is 0. The molecule has 0 atom stereocenters. The predicted molar refractivity (Wildman–Crippen MR) is 89.3 cm³/mol. The molecule has 1 aromatic carbocycles. The van der Waals surface area contributed by atoms with Gasteiger partial charge in [0.25, 0.3) is 0 Å². The Bertz CT molecular complexity index is 582. The van der Waals surface area contributed by atoms with Crippen LogP contribution in [0, 0.1) is 0 Å². The summed E-state index contributed by atoms with van der Waals surface area (Å²) < 4.78 is 36.6. The number of rotatable bonds is 5. The molecule has 2 rings (SSSR count). The first kappa shape index (κ1) is 17.8. The second kappa shape index (κ2) is 6.53. The third-order valence-corrected chi connectivity index (χ3v) is 4.27. The Morgan fingerprint density at radius 1 is 1.17 bits per heavy atom. The van der Waals surface area contributed by atoms with Crippen LogP contribution >= 0.6 is 0 Å². The van der Waals surface area contributed by atoms with E-state index in [4.69, 9.17) is 18.8 Å². The van der Waals surface area contributed by atoms with Crippen LogP contribution in [0.15, 0.2) is 23.9 Å². The topological polar surface area (TPSA) is 36.9 Å². The molecule has 0 aliphatic carbocycles. The molecule has 1 fully saturated rings. The van der Waals surface area contributed by atoms with E-state index in [1.807, 2.05) is 34.6 Å². The number of hydrogen-bond acceptors (Lipinski definition) is 4. The lowest BCUT2D eigenvalue weighted by Gasteiger charge is -2.32. The second-order valence-corrected chi connectivity index (χ2v) is 6.46. The van der Waals surface area contributed by atoms with Crippen LogP contribution in [-0.4, -0.2) is 32.0 Å². The first-order valence-electron chi connectivity index (χ1n) is 7.73. The average Bonchev–Trinajstić information content (AvgIpc) is 2.69. The maximum Gasteiger partial charge on any atom is 0.525 e. The highest BCUT2D eigenvalue weighted by Crippen LogP contribution is 2.39. The van der Waals surface area contributed by atoms with Crippen LogP contribution in [0.4, 0.5) is 4.39 Å². The summed E-state index contributed by atoms with van der Waals surface area (Å²) in [7, 11) is 0.549. The maximum atomic E-state index is 14.5. The summed E-state index contributed by atoms with van der Waals surface area (Å²) in [6.07, 6.45) is 1.39. The average molecular weight is 322 g/mol. The van der Waals surface area contributed by atoms with Crippen LogP contribution in [0.1, 0.15) is 40.2 Å². The van der Waals surface area contributed by atoms with Crippen molar-refractivity contribution >= 4 is 13.2 Å². The smallest absolute Gasteiger partial charge is 0.493 e. The lowest BCUT2D eigenvalue weighted by molar-refractivity contribution is 0.00578. The van der Waals surface area contributed by atoms with Crippen LogP contribution in [0.5, 0.6) is 11.5 Å². The summed E-state index contributed by atoms with van der Waals surface area (Å²) >= 11 is 0. The van der Waals surface area contributed by atoms with Crippen molar-refractivity contribution in [2.45, 2.75) is 45.8 Å². The van der Waals surface area contributed by atoms with E-state index in [2.05, 4.69) is 0 Å². The van der Waals surface area contributed by atoms with E-state index in [0.717, 1.165) is 0 Å². The minimum absolute atomic E-state index is 0.477. The van der Waals surface area contributed by atoms with E-state index >= 15 is 0 Å². The van der Waals surface area contributed by atoms with E-state index < -0.39 is 24.0 Å². The van der Waals surface area contributed by atoms with Gasteiger partial charge in [0.2, 0.25) is 0 Å². The van der Waals surface area contributed by atoms with Crippen LogP contribution in [0.2, 0.25) is 0 Å². The minimum Gasteiger partial charge on any atom is -0.493 e. The molecule has 6 heteroatoms. The molecule has 0 aromatic heterocycles. The fraction of sp³-hybridized carbons (Fsp3) is 0.529. The van der Waals surface area contributed by atoms with Crippen molar-refractivity contribution < 1.29 is 23.2 Å². The van der Waals surface area contributed by atoms with Crippen LogP contribution in [0.25, 0.3) is 6.08 Å². The monoisotopic (exact) mass is 322 g/mol. The normalized spacial score (nSPS) is 19.8. The van der Waals surface area contributed by atoms with Crippen molar-refractivity contribution in [3.63, 3.8) is 0 Å². The zero-order chi connectivity index (χ0) is 17.3. The Balaban J connectivity index is 2.22. The largest absolute Gasteiger partial charge is 0.525 e. The number of methoxy groups -OCH3 is 1. The summed E-state index contributed by atoms with van der Waals surface area (Å²) in [6.45, 7) is 9.99. The third-order valence-electron chi connectivity index (χ3n) is 4.27. The van der Waals surface area contributed by atoms with Gasteiger partial charge in [0, 0.05) is 0 Å². The summed E-state index contributed by atoms with van der Waals surface area (Å²) in [5.41, 5.74) is -0.967. The lowest BCUT2D eigenvalue weighted by atomic mass is 9.87. The summed E-state index contributed by atoms with van der Waals surface area (Å²) in [4.78, 5) is 0.